The Kier molecular flexibility index (Phi) is 4.56. The van der Waals surface area contributed by atoms with Gasteiger partial charge in [-0.1, -0.05) is 24.3 Å². The second-order valence-electron chi connectivity index (χ2n) is 4.62. The van der Waals surface area contributed by atoms with Crippen molar-refractivity contribution in [1.82, 2.24) is 5.32 Å². The van der Waals surface area contributed by atoms with Crippen molar-refractivity contribution >= 4 is 23.8 Å². The minimum Gasteiger partial charge on any atom is -0.381 e. The summed E-state index contributed by atoms with van der Waals surface area (Å²) in [5.74, 6) is -0.252. The molecule has 1 fully saturated rings. The number of carbonyl (C=O) groups is 2. The molecule has 1 aromatic rings. The zero-order valence-electron chi connectivity index (χ0n) is 10.5. The number of hydrogen-bond donors (Lipinski definition) is 1. The SMILES string of the molecule is O=Cc1ccc(C2(NC(=O)CCl)CCOCC2)cc1. The van der Waals surface area contributed by atoms with Crippen molar-refractivity contribution in [2.75, 3.05) is 19.1 Å². The Labute approximate surface area is 117 Å². The van der Waals surface area contributed by atoms with E-state index >= 15 is 0 Å². The van der Waals surface area contributed by atoms with Gasteiger partial charge >= 0.3 is 0 Å². The highest BCUT2D eigenvalue weighted by Gasteiger charge is 2.35. The first-order valence-electron chi connectivity index (χ1n) is 6.21. The molecule has 0 aromatic heterocycles. The van der Waals surface area contributed by atoms with Crippen LogP contribution < -0.4 is 5.32 Å². The molecule has 0 spiro atoms. The first-order valence-corrected chi connectivity index (χ1v) is 6.74. The largest absolute Gasteiger partial charge is 0.381 e. The fourth-order valence-corrected chi connectivity index (χ4v) is 2.45. The van der Waals surface area contributed by atoms with Crippen molar-refractivity contribution in [3.8, 4) is 0 Å². The fraction of sp³-hybridized carbons (Fsp3) is 0.429. The zero-order valence-corrected chi connectivity index (χ0v) is 11.3. The van der Waals surface area contributed by atoms with E-state index in [0.29, 0.717) is 31.6 Å². The van der Waals surface area contributed by atoms with Gasteiger partial charge in [0.1, 0.15) is 12.2 Å². The van der Waals surface area contributed by atoms with Gasteiger partial charge in [-0.3, -0.25) is 9.59 Å². The number of ether oxygens (including phenoxy) is 1. The van der Waals surface area contributed by atoms with Crippen LogP contribution in [0.1, 0.15) is 28.8 Å². The summed E-state index contributed by atoms with van der Waals surface area (Å²) >= 11 is 5.58. The van der Waals surface area contributed by atoms with Crippen LogP contribution in [0.3, 0.4) is 0 Å². The third kappa shape index (κ3) is 3.14. The number of alkyl halides is 1. The van der Waals surface area contributed by atoms with Crippen molar-refractivity contribution < 1.29 is 14.3 Å². The highest BCUT2D eigenvalue weighted by Crippen LogP contribution is 2.32. The second-order valence-corrected chi connectivity index (χ2v) is 4.88. The van der Waals surface area contributed by atoms with Gasteiger partial charge in [0.2, 0.25) is 5.91 Å². The topological polar surface area (TPSA) is 55.4 Å². The van der Waals surface area contributed by atoms with Gasteiger partial charge < -0.3 is 10.1 Å². The normalized spacial score (nSPS) is 17.7. The molecule has 5 heteroatoms. The summed E-state index contributed by atoms with van der Waals surface area (Å²) in [6.45, 7) is 1.19. The average Bonchev–Trinajstić information content (AvgIpc) is 2.48. The predicted molar refractivity (Wildman–Crippen MR) is 72.4 cm³/mol. The number of aldehydes is 1. The van der Waals surface area contributed by atoms with Crippen LogP contribution in [0.2, 0.25) is 0 Å². The molecule has 0 bridgehead atoms. The molecular formula is C14H16ClNO3. The summed E-state index contributed by atoms with van der Waals surface area (Å²) < 4.78 is 5.37. The van der Waals surface area contributed by atoms with Crippen LogP contribution >= 0.6 is 11.6 Å². The Morgan fingerprint density at radius 1 is 1.32 bits per heavy atom. The molecule has 1 saturated heterocycles. The van der Waals surface area contributed by atoms with Crippen LogP contribution in [0.15, 0.2) is 24.3 Å². The molecule has 1 aliphatic heterocycles. The van der Waals surface area contributed by atoms with Crippen molar-refractivity contribution in [2.45, 2.75) is 18.4 Å². The quantitative estimate of drug-likeness (QED) is 0.677. The summed E-state index contributed by atoms with van der Waals surface area (Å²) in [4.78, 5) is 22.3. The summed E-state index contributed by atoms with van der Waals surface area (Å²) in [6, 6.07) is 7.27. The third-order valence-electron chi connectivity index (χ3n) is 3.45. The Bertz CT molecular complexity index is 452. The molecule has 0 atom stereocenters. The minimum absolute atomic E-state index is 0.0605. The fourth-order valence-electron chi connectivity index (χ4n) is 2.39. The Hall–Kier alpha value is -1.39. The van der Waals surface area contributed by atoms with Crippen LogP contribution in [0, 0.1) is 0 Å². The number of benzene rings is 1. The van der Waals surface area contributed by atoms with Gasteiger partial charge in [0.25, 0.3) is 0 Å². The van der Waals surface area contributed by atoms with Crippen molar-refractivity contribution in [2.24, 2.45) is 0 Å². The van der Waals surface area contributed by atoms with Gasteiger partial charge in [0.05, 0.1) is 5.54 Å². The summed E-state index contributed by atoms with van der Waals surface area (Å²) in [5, 5.41) is 3.00. The number of halogens is 1. The highest BCUT2D eigenvalue weighted by atomic mass is 35.5. The summed E-state index contributed by atoms with van der Waals surface area (Å²) in [7, 11) is 0. The van der Waals surface area contributed by atoms with E-state index in [4.69, 9.17) is 16.3 Å². The van der Waals surface area contributed by atoms with Gasteiger partial charge in [0.15, 0.2) is 0 Å². The molecule has 19 heavy (non-hydrogen) atoms. The van der Waals surface area contributed by atoms with Crippen molar-refractivity contribution in [1.29, 1.82) is 0 Å². The second kappa shape index (κ2) is 6.17. The molecule has 0 saturated carbocycles. The zero-order chi connectivity index (χ0) is 13.7. The molecule has 4 nitrogen and oxygen atoms in total. The molecule has 1 amide bonds. The molecule has 2 rings (SSSR count). The molecule has 0 aliphatic carbocycles. The van der Waals surface area contributed by atoms with E-state index in [0.717, 1.165) is 11.8 Å². The van der Waals surface area contributed by atoms with Gasteiger partial charge in [-0.25, -0.2) is 0 Å². The maximum atomic E-state index is 11.6. The number of rotatable bonds is 4. The van der Waals surface area contributed by atoms with Crippen LogP contribution in [0.4, 0.5) is 0 Å². The number of carbonyl (C=O) groups excluding carboxylic acids is 2. The predicted octanol–water partition coefficient (Wildman–Crippen LogP) is 1.86. The number of amides is 1. The maximum Gasteiger partial charge on any atom is 0.235 e. The van der Waals surface area contributed by atoms with Gasteiger partial charge in [-0.05, 0) is 18.4 Å². The van der Waals surface area contributed by atoms with Gasteiger partial charge in [-0.2, -0.15) is 0 Å². The standard InChI is InChI=1S/C14H16ClNO3/c15-9-13(18)16-14(5-7-19-8-6-14)12-3-1-11(10-17)2-4-12/h1-4,10H,5-9H2,(H,16,18). The number of nitrogens with one attached hydrogen (secondary N) is 1. The van der Waals surface area contributed by atoms with E-state index in [1.54, 1.807) is 12.1 Å². The Morgan fingerprint density at radius 2 is 1.95 bits per heavy atom. The monoisotopic (exact) mass is 281 g/mol. The molecule has 1 aliphatic rings. The Morgan fingerprint density at radius 3 is 2.47 bits per heavy atom. The molecule has 1 aromatic carbocycles. The van der Waals surface area contributed by atoms with Gasteiger partial charge in [-0.15, -0.1) is 11.6 Å². The minimum atomic E-state index is -0.439. The lowest BCUT2D eigenvalue weighted by molar-refractivity contribution is -0.122. The maximum absolute atomic E-state index is 11.6. The third-order valence-corrected chi connectivity index (χ3v) is 3.69. The van der Waals surface area contributed by atoms with Gasteiger partial charge in [0, 0.05) is 18.8 Å². The smallest absolute Gasteiger partial charge is 0.235 e. The highest BCUT2D eigenvalue weighted by molar-refractivity contribution is 6.27. The summed E-state index contributed by atoms with van der Waals surface area (Å²) in [6.07, 6.45) is 2.21. The van der Waals surface area contributed by atoms with E-state index in [1.807, 2.05) is 12.1 Å². The first kappa shape index (κ1) is 14.0. The molecule has 0 radical (unpaired) electrons. The molecular weight excluding hydrogens is 266 g/mol. The lowest BCUT2D eigenvalue weighted by atomic mass is 9.82. The average molecular weight is 282 g/mol. The van der Waals surface area contributed by atoms with E-state index in [1.165, 1.54) is 0 Å². The summed E-state index contributed by atoms with van der Waals surface area (Å²) in [5.41, 5.74) is 1.17. The van der Waals surface area contributed by atoms with E-state index in [9.17, 15) is 9.59 Å². The van der Waals surface area contributed by atoms with E-state index in [2.05, 4.69) is 5.32 Å². The van der Waals surface area contributed by atoms with E-state index < -0.39 is 5.54 Å². The molecule has 102 valence electrons. The lowest BCUT2D eigenvalue weighted by Gasteiger charge is -2.38. The molecule has 1 N–H and O–H groups in total. The van der Waals surface area contributed by atoms with Crippen molar-refractivity contribution in [3.05, 3.63) is 35.4 Å². The number of hydrogen-bond acceptors (Lipinski definition) is 3. The van der Waals surface area contributed by atoms with E-state index in [-0.39, 0.29) is 11.8 Å². The van der Waals surface area contributed by atoms with Crippen molar-refractivity contribution in [3.63, 3.8) is 0 Å². The van der Waals surface area contributed by atoms with Crippen LogP contribution in [0.25, 0.3) is 0 Å². The van der Waals surface area contributed by atoms with Crippen LogP contribution in [-0.2, 0) is 15.1 Å². The first-order chi connectivity index (χ1) is 9.20. The van der Waals surface area contributed by atoms with Crippen LogP contribution in [-0.4, -0.2) is 31.3 Å². The Balaban J connectivity index is 2.29. The molecule has 1 heterocycles. The molecule has 0 unspecified atom stereocenters. The lowest BCUT2D eigenvalue weighted by Crippen LogP contribution is -2.49. The van der Waals surface area contributed by atoms with Crippen LogP contribution in [0.5, 0.6) is 0 Å².